The van der Waals surface area contributed by atoms with Crippen molar-refractivity contribution in [2.24, 2.45) is 5.92 Å². The monoisotopic (exact) mass is 449 g/mol. The van der Waals surface area contributed by atoms with Gasteiger partial charge in [0.1, 0.15) is 0 Å². The number of carbonyl (C=O) groups excluding carboxylic acids is 4. The minimum atomic E-state index is -0.751. The largest absolute Gasteiger partial charge is 0.455 e. The van der Waals surface area contributed by atoms with Gasteiger partial charge in [0.05, 0.1) is 16.6 Å². The van der Waals surface area contributed by atoms with Crippen LogP contribution in [0.3, 0.4) is 0 Å². The second-order valence-electron chi connectivity index (χ2n) is 6.48. The average Bonchev–Trinajstić information content (AvgIpc) is 3.14. The number of hydrogen-bond acceptors (Lipinski definition) is 5. The molecule has 1 atom stereocenters. The van der Waals surface area contributed by atoms with Crippen molar-refractivity contribution in [2.75, 3.05) is 18.1 Å². The molecule has 1 fully saturated rings. The fourth-order valence-electron chi connectivity index (χ4n) is 2.87. The first-order chi connectivity index (χ1) is 14.3. The third-order valence-electron chi connectivity index (χ3n) is 4.35. The SMILES string of the molecule is O=C(COC(=O)[C@@H]1CC(=O)N(c2cc(Cl)ccc2Cl)C1)NNC(=O)c1ccccc1. The average molecular weight is 450 g/mol. The number of benzene rings is 2. The van der Waals surface area contributed by atoms with Crippen molar-refractivity contribution in [3.63, 3.8) is 0 Å². The van der Waals surface area contributed by atoms with Gasteiger partial charge in [-0.15, -0.1) is 0 Å². The van der Waals surface area contributed by atoms with Gasteiger partial charge in [0.25, 0.3) is 11.8 Å². The Kier molecular flexibility index (Phi) is 6.91. The Balaban J connectivity index is 1.48. The van der Waals surface area contributed by atoms with Crippen LogP contribution in [0, 0.1) is 5.92 Å². The number of halogens is 2. The van der Waals surface area contributed by atoms with Crippen molar-refractivity contribution in [3.05, 3.63) is 64.1 Å². The first kappa shape index (κ1) is 21.6. The maximum Gasteiger partial charge on any atom is 0.311 e. The van der Waals surface area contributed by atoms with Crippen molar-refractivity contribution < 1.29 is 23.9 Å². The van der Waals surface area contributed by atoms with E-state index in [9.17, 15) is 19.2 Å². The van der Waals surface area contributed by atoms with E-state index in [2.05, 4.69) is 10.9 Å². The van der Waals surface area contributed by atoms with Gasteiger partial charge in [0.2, 0.25) is 5.91 Å². The Morgan fingerprint density at radius 1 is 1.07 bits per heavy atom. The van der Waals surface area contributed by atoms with Crippen molar-refractivity contribution in [3.8, 4) is 0 Å². The highest BCUT2D eigenvalue weighted by atomic mass is 35.5. The van der Waals surface area contributed by atoms with Gasteiger partial charge in [-0.2, -0.15) is 0 Å². The molecule has 30 heavy (non-hydrogen) atoms. The van der Waals surface area contributed by atoms with Crippen LogP contribution in [0.2, 0.25) is 10.0 Å². The highest BCUT2D eigenvalue weighted by Crippen LogP contribution is 2.33. The molecule has 0 unspecified atom stereocenters. The molecule has 0 bridgehead atoms. The Labute approximate surface area is 182 Å². The molecule has 3 rings (SSSR count). The predicted octanol–water partition coefficient (Wildman–Crippen LogP) is 2.35. The molecule has 2 aromatic carbocycles. The summed E-state index contributed by atoms with van der Waals surface area (Å²) in [5, 5.41) is 0.734. The van der Waals surface area contributed by atoms with Gasteiger partial charge in [-0.25, -0.2) is 0 Å². The first-order valence-corrected chi connectivity index (χ1v) is 9.67. The summed E-state index contributed by atoms with van der Waals surface area (Å²) in [4.78, 5) is 49.6. The second kappa shape index (κ2) is 9.60. The number of nitrogens with zero attached hydrogens (tertiary/aromatic N) is 1. The lowest BCUT2D eigenvalue weighted by atomic mass is 10.1. The third kappa shape index (κ3) is 5.28. The van der Waals surface area contributed by atoms with E-state index in [-0.39, 0.29) is 18.9 Å². The summed E-state index contributed by atoms with van der Waals surface area (Å²) in [6.07, 6.45) is -0.0754. The van der Waals surface area contributed by atoms with Gasteiger partial charge >= 0.3 is 5.97 Å². The fourth-order valence-corrected chi connectivity index (χ4v) is 3.26. The van der Waals surface area contributed by atoms with Crippen LogP contribution in [0.5, 0.6) is 0 Å². The van der Waals surface area contributed by atoms with Crippen molar-refractivity contribution in [1.82, 2.24) is 10.9 Å². The number of carbonyl (C=O) groups is 4. The number of nitrogens with one attached hydrogen (secondary N) is 2. The smallest absolute Gasteiger partial charge is 0.311 e. The molecule has 2 aromatic rings. The van der Waals surface area contributed by atoms with E-state index >= 15 is 0 Å². The maximum absolute atomic E-state index is 12.3. The van der Waals surface area contributed by atoms with Crippen LogP contribution in [0.15, 0.2) is 48.5 Å². The van der Waals surface area contributed by atoms with E-state index in [1.807, 2.05) is 0 Å². The number of amides is 3. The van der Waals surface area contributed by atoms with Gasteiger partial charge in [-0.3, -0.25) is 30.0 Å². The van der Waals surface area contributed by atoms with Crippen molar-refractivity contribution in [1.29, 1.82) is 0 Å². The number of hydrazine groups is 1. The quantitative estimate of drug-likeness (QED) is 0.538. The molecule has 156 valence electrons. The van der Waals surface area contributed by atoms with E-state index in [0.29, 0.717) is 21.3 Å². The summed E-state index contributed by atoms with van der Waals surface area (Å²) in [7, 11) is 0. The summed E-state index contributed by atoms with van der Waals surface area (Å²) < 4.78 is 4.97. The Hall–Kier alpha value is -3.10. The van der Waals surface area contributed by atoms with E-state index < -0.39 is 30.3 Å². The molecule has 1 heterocycles. The molecule has 1 saturated heterocycles. The van der Waals surface area contributed by atoms with E-state index in [1.165, 1.54) is 4.90 Å². The van der Waals surface area contributed by atoms with Crippen LogP contribution in [-0.2, 0) is 19.1 Å². The molecule has 0 aromatic heterocycles. The van der Waals surface area contributed by atoms with E-state index in [0.717, 1.165) is 0 Å². The lowest BCUT2D eigenvalue weighted by molar-refractivity contribution is -0.152. The molecule has 0 saturated carbocycles. The third-order valence-corrected chi connectivity index (χ3v) is 4.91. The fraction of sp³-hybridized carbons (Fsp3) is 0.200. The molecule has 0 spiro atoms. The zero-order valence-electron chi connectivity index (χ0n) is 15.6. The maximum atomic E-state index is 12.3. The minimum Gasteiger partial charge on any atom is -0.455 e. The summed E-state index contributed by atoms with van der Waals surface area (Å²) in [6.45, 7) is -0.541. The highest BCUT2D eigenvalue weighted by Gasteiger charge is 2.37. The zero-order valence-corrected chi connectivity index (χ0v) is 17.1. The van der Waals surface area contributed by atoms with Gasteiger partial charge in [-0.05, 0) is 30.3 Å². The number of hydrogen-bond donors (Lipinski definition) is 2. The van der Waals surface area contributed by atoms with Gasteiger partial charge in [0, 0.05) is 23.6 Å². The Morgan fingerprint density at radius 3 is 2.53 bits per heavy atom. The molecule has 0 radical (unpaired) electrons. The molecule has 2 N–H and O–H groups in total. The van der Waals surface area contributed by atoms with Crippen LogP contribution in [0.25, 0.3) is 0 Å². The number of anilines is 1. The Bertz CT molecular complexity index is 984. The van der Waals surface area contributed by atoms with Crippen LogP contribution < -0.4 is 15.8 Å². The molecular weight excluding hydrogens is 433 g/mol. The van der Waals surface area contributed by atoms with Crippen LogP contribution in [0.1, 0.15) is 16.8 Å². The normalized spacial score (nSPS) is 15.6. The Morgan fingerprint density at radius 2 is 1.80 bits per heavy atom. The van der Waals surface area contributed by atoms with Crippen molar-refractivity contribution in [2.45, 2.75) is 6.42 Å². The van der Waals surface area contributed by atoms with Crippen LogP contribution in [0.4, 0.5) is 5.69 Å². The number of rotatable bonds is 5. The van der Waals surface area contributed by atoms with Gasteiger partial charge in [-0.1, -0.05) is 41.4 Å². The minimum absolute atomic E-state index is 0.0596. The van der Waals surface area contributed by atoms with Gasteiger partial charge in [0.15, 0.2) is 6.61 Å². The predicted molar refractivity (Wildman–Crippen MR) is 110 cm³/mol. The molecule has 8 nitrogen and oxygen atoms in total. The number of ether oxygens (including phenoxy) is 1. The van der Waals surface area contributed by atoms with E-state index in [1.54, 1.807) is 48.5 Å². The lowest BCUT2D eigenvalue weighted by Crippen LogP contribution is -2.43. The summed E-state index contributed by atoms with van der Waals surface area (Å²) >= 11 is 12.1. The highest BCUT2D eigenvalue weighted by molar-refractivity contribution is 6.35. The van der Waals surface area contributed by atoms with Crippen LogP contribution >= 0.6 is 23.2 Å². The first-order valence-electron chi connectivity index (χ1n) is 8.91. The molecule has 0 aliphatic carbocycles. The van der Waals surface area contributed by atoms with Crippen molar-refractivity contribution >= 4 is 52.6 Å². The molecule has 1 aliphatic rings. The van der Waals surface area contributed by atoms with Gasteiger partial charge < -0.3 is 9.64 Å². The topological polar surface area (TPSA) is 105 Å². The van der Waals surface area contributed by atoms with E-state index in [4.69, 9.17) is 27.9 Å². The molecule has 1 aliphatic heterocycles. The summed E-state index contributed by atoms with van der Waals surface area (Å²) in [6, 6.07) is 13.0. The molecule has 3 amide bonds. The number of esters is 1. The second-order valence-corrected chi connectivity index (χ2v) is 7.32. The lowest BCUT2D eigenvalue weighted by Gasteiger charge is -2.18. The standard InChI is InChI=1S/C20H17Cl2N3O5/c21-14-6-7-15(22)16(9-14)25-10-13(8-18(25)27)20(29)30-11-17(26)23-24-19(28)12-4-2-1-3-5-12/h1-7,9,13H,8,10-11H2,(H,23,26)(H,24,28)/t13-/m1/s1. The molecule has 10 heteroatoms. The summed E-state index contributed by atoms with van der Waals surface area (Å²) in [5.41, 5.74) is 5.15. The summed E-state index contributed by atoms with van der Waals surface area (Å²) in [5.74, 6) is -2.98. The zero-order chi connectivity index (χ0) is 21.7. The van der Waals surface area contributed by atoms with Crippen LogP contribution in [-0.4, -0.2) is 36.8 Å². The molecular formula is C20H17Cl2N3O5.